The summed E-state index contributed by atoms with van der Waals surface area (Å²) in [5.74, 6) is -0.143. The highest BCUT2D eigenvalue weighted by Gasteiger charge is 2.17. The van der Waals surface area contributed by atoms with Crippen molar-refractivity contribution in [1.29, 1.82) is 0 Å². The Morgan fingerprint density at radius 2 is 1.82 bits per heavy atom. The SMILES string of the molecule is Cc1ccccc1-n1nc(C(N)=O)nc1-c1ccc(Cl)cc1. The molecule has 0 fully saturated rings. The summed E-state index contributed by atoms with van der Waals surface area (Å²) in [5, 5.41) is 4.86. The molecule has 1 aromatic heterocycles. The maximum atomic E-state index is 11.4. The fraction of sp³-hybridized carbons (Fsp3) is 0.0625. The average Bonchev–Trinajstić information content (AvgIpc) is 2.94. The lowest BCUT2D eigenvalue weighted by Crippen LogP contribution is -2.13. The first-order valence-corrected chi connectivity index (χ1v) is 7.03. The molecule has 3 aromatic rings. The standard InChI is InChI=1S/C16H13ClN4O/c1-10-4-2-3-5-13(10)21-16(19-15(20-21)14(18)22)11-6-8-12(17)9-7-11/h2-9H,1H3,(H2,18,22). The molecule has 0 aliphatic carbocycles. The molecule has 0 spiro atoms. The average molecular weight is 313 g/mol. The zero-order valence-electron chi connectivity index (χ0n) is 11.8. The second-order valence-corrected chi connectivity index (χ2v) is 5.26. The number of primary amides is 1. The van der Waals surface area contributed by atoms with Gasteiger partial charge < -0.3 is 5.73 Å². The summed E-state index contributed by atoms with van der Waals surface area (Å²) in [5.41, 5.74) is 7.97. The third-order valence-corrected chi connectivity index (χ3v) is 3.53. The molecule has 0 saturated heterocycles. The van der Waals surface area contributed by atoms with Crippen LogP contribution in [-0.2, 0) is 0 Å². The highest BCUT2D eigenvalue weighted by atomic mass is 35.5. The number of benzene rings is 2. The van der Waals surface area contributed by atoms with Gasteiger partial charge in [0.15, 0.2) is 5.82 Å². The number of nitrogens with two attached hydrogens (primary N) is 1. The summed E-state index contributed by atoms with van der Waals surface area (Å²) in [6.45, 7) is 1.96. The molecule has 0 saturated carbocycles. The van der Waals surface area contributed by atoms with E-state index in [0.717, 1.165) is 16.8 Å². The van der Waals surface area contributed by atoms with Crippen LogP contribution in [0.1, 0.15) is 16.2 Å². The lowest BCUT2D eigenvalue weighted by atomic mass is 10.2. The van der Waals surface area contributed by atoms with E-state index in [2.05, 4.69) is 10.1 Å². The van der Waals surface area contributed by atoms with E-state index < -0.39 is 5.91 Å². The van der Waals surface area contributed by atoms with Gasteiger partial charge >= 0.3 is 0 Å². The normalized spacial score (nSPS) is 10.6. The van der Waals surface area contributed by atoms with Gasteiger partial charge in [-0.05, 0) is 42.8 Å². The van der Waals surface area contributed by atoms with Crippen LogP contribution in [0, 0.1) is 6.92 Å². The Labute approximate surface area is 132 Å². The van der Waals surface area contributed by atoms with Crippen molar-refractivity contribution in [1.82, 2.24) is 14.8 Å². The van der Waals surface area contributed by atoms with Crippen LogP contribution in [-0.4, -0.2) is 20.7 Å². The van der Waals surface area contributed by atoms with Gasteiger partial charge in [-0.2, -0.15) is 0 Å². The van der Waals surface area contributed by atoms with E-state index in [1.54, 1.807) is 16.8 Å². The van der Waals surface area contributed by atoms with Crippen LogP contribution in [0.3, 0.4) is 0 Å². The molecular formula is C16H13ClN4O. The Morgan fingerprint density at radius 3 is 2.45 bits per heavy atom. The minimum Gasteiger partial charge on any atom is -0.363 e. The van der Waals surface area contributed by atoms with E-state index in [0.29, 0.717) is 10.8 Å². The second-order valence-electron chi connectivity index (χ2n) is 4.83. The van der Waals surface area contributed by atoms with Gasteiger partial charge in [-0.25, -0.2) is 9.67 Å². The molecule has 2 N–H and O–H groups in total. The number of aromatic nitrogens is 3. The van der Waals surface area contributed by atoms with Gasteiger partial charge in [0.2, 0.25) is 5.82 Å². The van der Waals surface area contributed by atoms with Gasteiger partial charge in [0.05, 0.1) is 5.69 Å². The summed E-state index contributed by atoms with van der Waals surface area (Å²) < 4.78 is 1.62. The second kappa shape index (κ2) is 5.61. The summed E-state index contributed by atoms with van der Waals surface area (Å²) >= 11 is 5.92. The van der Waals surface area contributed by atoms with Crippen LogP contribution < -0.4 is 5.73 Å². The predicted octanol–water partition coefficient (Wildman–Crippen LogP) is 3.00. The van der Waals surface area contributed by atoms with Crippen molar-refractivity contribution >= 4 is 17.5 Å². The molecule has 0 unspecified atom stereocenters. The van der Waals surface area contributed by atoms with Gasteiger partial charge in [0.25, 0.3) is 5.91 Å². The van der Waals surface area contributed by atoms with E-state index >= 15 is 0 Å². The molecule has 0 atom stereocenters. The maximum Gasteiger partial charge on any atom is 0.288 e. The largest absolute Gasteiger partial charge is 0.363 e. The van der Waals surface area contributed by atoms with Crippen LogP contribution in [0.15, 0.2) is 48.5 Å². The van der Waals surface area contributed by atoms with Crippen LogP contribution in [0.2, 0.25) is 5.02 Å². The maximum absolute atomic E-state index is 11.4. The molecule has 22 heavy (non-hydrogen) atoms. The van der Waals surface area contributed by atoms with E-state index in [4.69, 9.17) is 17.3 Å². The number of nitrogens with zero attached hydrogens (tertiary/aromatic N) is 3. The number of aryl methyl sites for hydroxylation is 1. The van der Waals surface area contributed by atoms with Crippen molar-refractivity contribution in [3.05, 3.63) is 64.9 Å². The summed E-state index contributed by atoms with van der Waals surface area (Å²) in [7, 11) is 0. The molecule has 1 amide bonds. The number of carbonyl (C=O) groups excluding carboxylic acids is 1. The molecular weight excluding hydrogens is 300 g/mol. The molecule has 110 valence electrons. The summed E-state index contributed by atoms with van der Waals surface area (Å²) in [6.07, 6.45) is 0. The minimum atomic E-state index is -0.664. The molecule has 1 heterocycles. The molecule has 5 nitrogen and oxygen atoms in total. The summed E-state index contributed by atoms with van der Waals surface area (Å²) in [6, 6.07) is 14.9. The molecule has 2 aromatic carbocycles. The van der Waals surface area contributed by atoms with Crippen molar-refractivity contribution in [2.45, 2.75) is 6.92 Å². The fourth-order valence-electron chi connectivity index (χ4n) is 2.17. The van der Waals surface area contributed by atoms with Crippen molar-refractivity contribution in [3.63, 3.8) is 0 Å². The van der Waals surface area contributed by atoms with Crippen LogP contribution in [0.25, 0.3) is 17.1 Å². The monoisotopic (exact) mass is 312 g/mol. The van der Waals surface area contributed by atoms with Crippen LogP contribution in [0.4, 0.5) is 0 Å². The number of hydrogen-bond donors (Lipinski definition) is 1. The number of halogens is 1. The smallest absolute Gasteiger partial charge is 0.288 e. The molecule has 3 rings (SSSR count). The van der Waals surface area contributed by atoms with Crippen molar-refractivity contribution in [3.8, 4) is 17.1 Å². The lowest BCUT2D eigenvalue weighted by molar-refractivity contribution is 0.0990. The molecule has 0 aliphatic heterocycles. The first-order chi connectivity index (χ1) is 10.6. The van der Waals surface area contributed by atoms with Gasteiger partial charge in [-0.15, -0.1) is 5.10 Å². The lowest BCUT2D eigenvalue weighted by Gasteiger charge is -2.08. The number of carbonyl (C=O) groups is 1. The molecule has 6 heteroatoms. The highest BCUT2D eigenvalue weighted by molar-refractivity contribution is 6.30. The van der Waals surface area contributed by atoms with E-state index in [-0.39, 0.29) is 5.82 Å². The van der Waals surface area contributed by atoms with Gasteiger partial charge in [0.1, 0.15) is 0 Å². The quantitative estimate of drug-likeness (QED) is 0.808. The van der Waals surface area contributed by atoms with Crippen molar-refractivity contribution in [2.75, 3.05) is 0 Å². The van der Waals surface area contributed by atoms with Crippen LogP contribution in [0.5, 0.6) is 0 Å². The van der Waals surface area contributed by atoms with Gasteiger partial charge in [-0.1, -0.05) is 29.8 Å². The van der Waals surface area contributed by atoms with Gasteiger partial charge in [-0.3, -0.25) is 4.79 Å². The molecule has 0 bridgehead atoms. The number of rotatable bonds is 3. The van der Waals surface area contributed by atoms with E-state index in [1.807, 2.05) is 43.3 Å². The number of para-hydroxylation sites is 1. The Bertz CT molecular complexity index is 840. The zero-order valence-corrected chi connectivity index (χ0v) is 12.6. The van der Waals surface area contributed by atoms with Crippen molar-refractivity contribution < 1.29 is 4.79 Å². The van der Waals surface area contributed by atoms with E-state index in [1.165, 1.54) is 0 Å². The first kappa shape index (κ1) is 14.3. The number of hydrogen-bond acceptors (Lipinski definition) is 3. The Balaban J connectivity index is 2.23. The Morgan fingerprint density at radius 1 is 1.14 bits per heavy atom. The molecule has 0 aliphatic rings. The van der Waals surface area contributed by atoms with E-state index in [9.17, 15) is 4.79 Å². The minimum absolute atomic E-state index is 0.0202. The fourth-order valence-corrected chi connectivity index (χ4v) is 2.30. The third-order valence-electron chi connectivity index (χ3n) is 3.27. The summed E-state index contributed by atoms with van der Waals surface area (Å²) in [4.78, 5) is 15.7. The topological polar surface area (TPSA) is 73.8 Å². The van der Waals surface area contributed by atoms with Crippen LogP contribution >= 0.6 is 11.6 Å². The van der Waals surface area contributed by atoms with Gasteiger partial charge in [0, 0.05) is 10.6 Å². The predicted molar refractivity (Wildman–Crippen MR) is 85.1 cm³/mol. The Hall–Kier alpha value is -2.66. The molecule has 0 radical (unpaired) electrons. The van der Waals surface area contributed by atoms with Crippen molar-refractivity contribution in [2.24, 2.45) is 5.73 Å². The Kier molecular flexibility index (Phi) is 3.65. The third kappa shape index (κ3) is 2.58. The highest BCUT2D eigenvalue weighted by Crippen LogP contribution is 2.24. The first-order valence-electron chi connectivity index (χ1n) is 6.65. The number of amides is 1. The zero-order chi connectivity index (χ0) is 15.7.